The Balaban J connectivity index is 0.962. The molecule has 3 nitrogen and oxygen atoms in total. The van der Waals surface area contributed by atoms with Crippen molar-refractivity contribution in [2.24, 2.45) is 0 Å². The fourth-order valence-corrected chi connectivity index (χ4v) is 9.63. The average molecular weight is 720 g/mol. The monoisotopic (exact) mass is 719 g/mol. The van der Waals surface area contributed by atoms with Crippen LogP contribution in [0.4, 0.5) is 17.1 Å². The van der Waals surface area contributed by atoms with Crippen LogP contribution < -0.4 is 4.90 Å². The van der Waals surface area contributed by atoms with Gasteiger partial charge in [0.2, 0.25) is 0 Å². The quantitative estimate of drug-likeness (QED) is 0.177. The van der Waals surface area contributed by atoms with Crippen LogP contribution in [0.25, 0.3) is 61.0 Å². The summed E-state index contributed by atoms with van der Waals surface area (Å²) < 4.78 is 2.42. The Bertz CT molecular complexity index is 2910. The van der Waals surface area contributed by atoms with Crippen molar-refractivity contribution in [2.75, 3.05) is 4.90 Å². The van der Waals surface area contributed by atoms with Crippen molar-refractivity contribution in [3.05, 3.63) is 198 Å². The van der Waals surface area contributed by atoms with Crippen LogP contribution in [0.15, 0.2) is 176 Å². The largest absolute Gasteiger partial charge is 0.311 e. The second-order valence-electron chi connectivity index (χ2n) is 16.4. The third-order valence-corrected chi connectivity index (χ3v) is 12.5. The number of benzene rings is 7. The summed E-state index contributed by atoms with van der Waals surface area (Å²) in [5, 5.41) is 2.56. The summed E-state index contributed by atoms with van der Waals surface area (Å²) in [4.78, 5) is 7.92. The van der Waals surface area contributed by atoms with Crippen LogP contribution in [-0.4, -0.2) is 9.55 Å². The van der Waals surface area contributed by atoms with Crippen LogP contribution in [0.2, 0.25) is 0 Å². The van der Waals surface area contributed by atoms with Crippen LogP contribution in [0, 0.1) is 0 Å². The Morgan fingerprint density at radius 1 is 0.429 bits per heavy atom. The minimum atomic E-state index is -0.254. The lowest BCUT2D eigenvalue weighted by molar-refractivity contribution is 0.631. The maximum Gasteiger partial charge on any atom is 0.0750 e. The van der Waals surface area contributed by atoms with Crippen molar-refractivity contribution < 1.29 is 0 Å². The lowest BCUT2D eigenvalue weighted by atomic mass is 9.81. The zero-order valence-corrected chi connectivity index (χ0v) is 32.1. The summed E-state index contributed by atoms with van der Waals surface area (Å²) in [6, 6.07) is 64.1. The average Bonchev–Trinajstić information content (AvgIpc) is 3.77. The molecule has 7 aromatic carbocycles. The zero-order valence-electron chi connectivity index (χ0n) is 32.1. The van der Waals surface area contributed by atoms with Crippen molar-refractivity contribution >= 4 is 38.9 Å². The molecule has 2 heterocycles. The van der Waals surface area contributed by atoms with E-state index in [0.29, 0.717) is 0 Å². The lowest BCUT2D eigenvalue weighted by Crippen LogP contribution is -2.19. The molecule has 2 aromatic heterocycles. The molecule has 9 aromatic rings. The molecule has 0 N–H and O–H groups in total. The van der Waals surface area contributed by atoms with E-state index >= 15 is 0 Å². The van der Waals surface area contributed by atoms with E-state index in [1.165, 1.54) is 72.0 Å². The predicted molar refractivity (Wildman–Crippen MR) is 234 cm³/mol. The van der Waals surface area contributed by atoms with E-state index in [1.807, 2.05) is 0 Å². The summed E-state index contributed by atoms with van der Waals surface area (Å²) >= 11 is 0. The molecule has 56 heavy (non-hydrogen) atoms. The molecule has 3 heteroatoms. The van der Waals surface area contributed by atoms with E-state index in [4.69, 9.17) is 4.98 Å². The molecular weight excluding hydrogens is 679 g/mol. The molecule has 2 aliphatic rings. The lowest BCUT2D eigenvalue weighted by Gasteiger charge is -2.25. The number of rotatable bonds is 5. The molecule has 0 amide bonds. The maximum absolute atomic E-state index is 5.61. The highest BCUT2D eigenvalue weighted by molar-refractivity contribution is 6.09. The molecule has 0 bridgehead atoms. The Kier molecular flexibility index (Phi) is 6.94. The van der Waals surface area contributed by atoms with Crippen LogP contribution in [0.5, 0.6) is 0 Å². The molecule has 0 spiro atoms. The molecule has 0 radical (unpaired) electrons. The van der Waals surface area contributed by atoms with Gasteiger partial charge in [0.15, 0.2) is 0 Å². The van der Waals surface area contributed by atoms with Gasteiger partial charge < -0.3 is 9.47 Å². The number of pyridine rings is 1. The number of aromatic nitrogens is 2. The van der Waals surface area contributed by atoms with Crippen LogP contribution in [-0.2, 0) is 10.8 Å². The van der Waals surface area contributed by atoms with Crippen molar-refractivity contribution in [1.29, 1.82) is 0 Å². The zero-order chi connectivity index (χ0) is 37.8. The van der Waals surface area contributed by atoms with Gasteiger partial charge in [-0.3, -0.25) is 4.98 Å². The number of anilines is 3. The predicted octanol–water partition coefficient (Wildman–Crippen LogP) is 13.9. The molecule has 0 saturated heterocycles. The highest BCUT2D eigenvalue weighted by Gasteiger charge is 2.43. The summed E-state index contributed by atoms with van der Waals surface area (Å²) in [5.74, 6) is 0. The second-order valence-corrected chi connectivity index (χ2v) is 16.4. The summed E-state index contributed by atoms with van der Waals surface area (Å²) in [6.07, 6.45) is 0. The number of hydrogen-bond acceptors (Lipinski definition) is 2. The number of para-hydroxylation sites is 4. The Labute approximate surface area is 328 Å². The van der Waals surface area contributed by atoms with E-state index in [9.17, 15) is 0 Å². The third-order valence-electron chi connectivity index (χ3n) is 12.5. The molecule has 0 fully saturated rings. The highest BCUT2D eigenvalue weighted by atomic mass is 15.1. The van der Waals surface area contributed by atoms with Crippen molar-refractivity contribution in [2.45, 2.75) is 38.5 Å². The number of fused-ring (bicyclic) bond motifs is 9. The Morgan fingerprint density at radius 2 is 0.964 bits per heavy atom. The van der Waals surface area contributed by atoms with Gasteiger partial charge in [0.05, 0.1) is 22.4 Å². The molecule has 0 atom stereocenters. The van der Waals surface area contributed by atoms with E-state index < -0.39 is 0 Å². The van der Waals surface area contributed by atoms with Crippen LogP contribution in [0.1, 0.15) is 50.1 Å². The second kappa shape index (κ2) is 11.9. The van der Waals surface area contributed by atoms with Gasteiger partial charge >= 0.3 is 0 Å². The van der Waals surface area contributed by atoms with Gasteiger partial charge in [-0.2, -0.15) is 0 Å². The molecule has 268 valence electrons. The van der Waals surface area contributed by atoms with Crippen LogP contribution in [0.3, 0.4) is 0 Å². The maximum atomic E-state index is 5.61. The fourth-order valence-electron chi connectivity index (χ4n) is 9.63. The smallest absolute Gasteiger partial charge is 0.0750 e. The first-order valence-electron chi connectivity index (χ1n) is 19.6. The minimum Gasteiger partial charge on any atom is -0.311 e. The number of nitrogens with zero attached hydrogens (tertiary/aromatic N) is 3. The van der Waals surface area contributed by atoms with Gasteiger partial charge in [-0.25, -0.2) is 0 Å². The topological polar surface area (TPSA) is 21.1 Å². The molecule has 0 saturated carbocycles. The third kappa shape index (κ3) is 4.67. The molecule has 0 aliphatic heterocycles. The first kappa shape index (κ1) is 32.7. The molecule has 11 rings (SSSR count). The van der Waals surface area contributed by atoms with Gasteiger partial charge in [0, 0.05) is 55.5 Å². The Hall–Kier alpha value is -6.71. The van der Waals surface area contributed by atoms with E-state index in [2.05, 4.69) is 213 Å². The standard InChI is InChI=1S/C53H41N3/c1-52(2)45-31-35(34-23-26-38(27-24-34)55(36-15-7-5-8-16-36)37-17-9-6-10-18-37)25-29-43(45)50-47(52)33-44-40-30-28-39(32-46(40)53(3,4)51(44)54-50)56-48-21-13-11-19-41(48)42-20-12-14-22-49(42)56/h5-33H,1-4H3. The molecule has 0 unspecified atom stereocenters. The Morgan fingerprint density at radius 3 is 1.61 bits per heavy atom. The van der Waals surface area contributed by atoms with Crippen LogP contribution >= 0.6 is 0 Å². The van der Waals surface area contributed by atoms with Gasteiger partial charge in [0.1, 0.15) is 0 Å². The van der Waals surface area contributed by atoms with Gasteiger partial charge in [-0.1, -0.05) is 131 Å². The summed E-state index contributed by atoms with van der Waals surface area (Å²) in [7, 11) is 0. The SMILES string of the molecule is CC1(C)c2cc(-c3ccc(N(c4ccccc4)c4ccccc4)cc3)ccc2-c2nc3c(cc21)-c1ccc(-n2c4ccccc4c4ccccc42)cc1C3(C)C. The van der Waals surface area contributed by atoms with Crippen molar-refractivity contribution in [3.8, 4) is 39.2 Å². The molecule has 2 aliphatic carbocycles. The summed E-state index contributed by atoms with van der Waals surface area (Å²) in [6.45, 7) is 9.42. The highest BCUT2D eigenvalue weighted by Crippen LogP contribution is 2.55. The normalized spacial score (nSPS) is 14.4. The van der Waals surface area contributed by atoms with Gasteiger partial charge in [-0.15, -0.1) is 0 Å². The van der Waals surface area contributed by atoms with Crippen molar-refractivity contribution in [1.82, 2.24) is 9.55 Å². The van der Waals surface area contributed by atoms with E-state index in [-0.39, 0.29) is 10.8 Å². The first-order valence-corrected chi connectivity index (χ1v) is 19.6. The summed E-state index contributed by atoms with van der Waals surface area (Å²) in [5.41, 5.74) is 19.1. The fraction of sp³-hybridized carbons (Fsp3) is 0.113. The van der Waals surface area contributed by atoms with E-state index in [1.54, 1.807) is 0 Å². The first-order chi connectivity index (χ1) is 27.3. The van der Waals surface area contributed by atoms with Gasteiger partial charge in [0.25, 0.3) is 0 Å². The molecular formula is C53H41N3. The van der Waals surface area contributed by atoms with Crippen molar-refractivity contribution in [3.63, 3.8) is 0 Å². The van der Waals surface area contributed by atoms with Gasteiger partial charge in [-0.05, 0) is 106 Å². The van der Waals surface area contributed by atoms with E-state index in [0.717, 1.165) is 28.5 Å². The number of hydrogen-bond donors (Lipinski definition) is 0. The minimum absolute atomic E-state index is 0.199.